The third-order valence-corrected chi connectivity index (χ3v) is 5.34. The molecule has 0 aliphatic carbocycles. The summed E-state index contributed by atoms with van der Waals surface area (Å²) >= 11 is 4.92. The summed E-state index contributed by atoms with van der Waals surface area (Å²) in [5, 5.41) is 2.69. The van der Waals surface area contributed by atoms with E-state index in [9.17, 15) is 9.59 Å². The molecule has 1 aromatic heterocycles. The van der Waals surface area contributed by atoms with Gasteiger partial charge in [-0.3, -0.25) is 20.4 Å². The third-order valence-electron chi connectivity index (χ3n) is 3.91. The molecule has 144 valence electrons. The van der Waals surface area contributed by atoms with Crippen LogP contribution in [0, 0.1) is 0 Å². The number of hydrogen-bond donors (Lipinski definition) is 2. The van der Waals surface area contributed by atoms with Crippen molar-refractivity contribution in [1.29, 1.82) is 0 Å². The minimum atomic E-state index is -0.370. The van der Waals surface area contributed by atoms with Gasteiger partial charge >= 0.3 is 0 Å². The highest BCUT2D eigenvalue weighted by Crippen LogP contribution is 2.26. The van der Waals surface area contributed by atoms with Crippen molar-refractivity contribution in [3.63, 3.8) is 0 Å². The Morgan fingerprint density at radius 1 is 1.11 bits per heavy atom. The van der Waals surface area contributed by atoms with E-state index in [1.807, 2.05) is 54.7 Å². The Bertz CT molecular complexity index is 1000. The van der Waals surface area contributed by atoms with Gasteiger partial charge in [-0.2, -0.15) is 0 Å². The fourth-order valence-electron chi connectivity index (χ4n) is 2.47. The van der Waals surface area contributed by atoms with Gasteiger partial charge in [0.25, 0.3) is 5.91 Å². The molecule has 0 atom stereocenters. The quantitative estimate of drug-likeness (QED) is 0.572. The number of hydrogen-bond acceptors (Lipinski definition) is 5. The topological polar surface area (TPSA) is 74.3 Å². The van der Waals surface area contributed by atoms with Crippen LogP contribution in [0.2, 0.25) is 0 Å². The number of hydrazine groups is 1. The van der Waals surface area contributed by atoms with E-state index < -0.39 is 0 Å². The molecule has 28 heavy (non-hydrogen) atoms. The average Bonchev–Trinajstić information content (AvgIpc) is 3.14. The summed E-state index contributed by atoms with van der Waals surface area (Å²) < 4.78 is 0.973. The van der Waals surface area contributed by atoms with Gasteiger partial charge in [0.05, 0.1) is 12.1 Å². The molecule has 0 saturated heterocycles. The Morgan fingerprint density at radius 2 is 1.89 bits per heavy atom. The highest BCUT2D eigenvalue weighted by Gasteiger charge is 2.12. The van der Waals surface area contributed by atoms with Crippen LogP contribution in [0.1, 0.15) is 16.1 Å². The molecule has 2 N–H and O–H groups in total. The van der Waals surface area contributed by atoms with Gasteiger partial charge in [0.1, 0.15) is 5.01 Å². The van der Waals surface area contributed by atoms with E-state index in [1.54, 1.807) is 18.2 Å². The zero-order chi connectivity index (χ0) is 20.1. The number of nitrogens with zero attached hydrogens (tertiary/aromatic N) is 2. The zero-order valence-electron chi connectivity index (χ0n) is 15.4. The molecule has 0 aliphatic rings. The van der Waals surface area contributed by atoms with Crippen molar-refractivity contribution in [2.75, 3.05) is 19.0 Å². The summed E-state index contributed by atoms with van der Waals surface area (Å²) in [5.74, 6) is -0.701. The lowest BCUT2D eigenvalue weighted by Crippen LogP contribution is -2.42. The average molecular weight is 459 g/mol. The zero-order valence-corrected chi connectivity index (χ0v) is 17.8. The molecule has 0 aliphatic heterocycles. The Hall–Kier alpha value is -2.71. The number of carbonyl (C=O) groups is 2. The molecule has 0 unspecified atom stereocenters. The monoisotopic (exact) mass is 458 g/mol. The Balaban J connectivity index is 1.56. The van der Waals surface area contributed by atoms with Crippen LogP contribution in [-0.2, 0) is 11.2 Å². The standard InChI is InChI=1S/C20H19BrN4O2S/c1-25(2)17-8-4-5-13(10-17)19(27)24-23-18(26)11-16-12-28-20(22-16)14-6-3-7-15(21)9-14/h3-10,12H,11H2,1-2H3,(H,23,26)(H,24,27). The van der Waals surface area contributed by atoms with Crippen molar-refractivity contribution in [3.05, 3.63) is 69.6 Å². The molecule has 2 aromatic carbocycles. The van der Waals surface area contributed by atoms with Crippen molar-refractivity contribution in [3.8, 4) is 10.6 Å². The predicted octanol–water partition coefficient (Wildman–Crippen LogP) is 3.64. The Labute approximate surface area is 175 Å². The van der Waals surface area contributed by atoms with E-state index in [-0.39, 0.29) is 18.2 Å². The van der Waals surface area contributed by atoms with Crippen LogP contribution in [-0.4, -0.2) is 30.9 Å². The number of benzene rings is 2. The molecular formula is C20H19BrN4O2S. The van der Waals surface area contributed by atoms with E-state index in [4.69, 9.17) is 0 Å². The van der Waals surface area contributed by atoms with Gasteiger partial charge in [-0.25, -0.2) is 4.98 Å². The highest BCUT2D eigenvalue weighted by atomic mass is 79.9. The molecule has 3 aromatic rings. The first-order valence-corrected chi connectivity index (χ1v) is 10.2. The minimum absolute atomic E-state index is 0.0858. The lowest BCUT2D eigenvalue weighted by Gasteiger charge is -2.13. The van der Waals surface area contributed by atoms with Crippen LogP contribution >= 0.6 is 27.3 Å². The molecule has 1 heterocycles. The molecule has 8 heteroatoms. The van der Waals surface area contributed by atoms with Gasteiger partial charge in [0.15, 0.2) is 0 Å². The largest absolute Gasteiger partial charge is 0.378 e. The Morgan fingerprint density at radius 3 is 2.64 bits per heavy atom. The summed E-state index contributed by atoms with van der Waals surface area (Å²) in [6.07, 6.45) is 0.0858. The summed E-state index contributed by atoms with van der Waals surface area (Å²) in [4.78, 5) is 30.8. The van der Waals surface area contributed by atoms with E-state index in [1.165, 1.54) is 11.3 Å². The van der Waals surface area contributed by atoms with E-state index in [0.29, 0.717) is 11.3 Å². The molecule has 0 saturated carbocycles. The van der Waals surface area contributed by atoms with E-state index in [2.05, 4.69) is 31.8 Å². The number of halogens is 1. The SMILES string of the molecule is CN(C)c1cccc(C(=O)NNC(=O)Cc2csc(-c3cccc(Br)c3)n2)c1. The van der Waals surface area contributed by atoms with Gasteiger partial charge in [0, 0.05) is 40.8 Å². The number of amides is 2. The molecule has 0 bridgehead atoms. The molecule has 6 nitrogen and oxygen atoms in total. The molecule has 2 amide bonds. The maximum atomic E-state index is 12.2. The molecule has 0 fully saturated rings. The fraction of sp³-hybridized carbons (Fsp3) is 0.150. The van der Waals surface area contributed by atoms with Crippen LogP contribution < -0.4 is 15.8 Å². The number of carbonyl (C=O) groups excluding carboxylic acids is 2. The second-order valence-electron chi connectivity index (χ2n) is 6.28. The van der Waals surface area contributed by atoms with Crippen LogP contribution in [0.4, 0.5) is 5.69 Å². The maximum absolute atomic E-state index is 12.2. The molecular weight excluding hydrogens is 440 g/mol. The van der Waals surface area contributed by atoms with Crippen LogP contribution in [0.3, 0.4) is 0 Å². The van der Waals surface area contributed by atoms with Crippen molar-refractivity contribution >= 4 is 44.8 Å². The predicted molar refractivity (Wildman–Crippen MR) is 115 cm³/mol. The fourth-order valence-corrected chi connectivity index (χ4v) is 3.69. The van der Waals surface area contributed by atoms with Crippen molar-refractivity contribution in [1.82, 2.24) is 15.8 Å². The van der Waals surface area contributed by atoms with Crippen LogP contribution in [0.5, 0.6) is 0 Å². The van der Waals surface area contributed by atoms with Gasteiger partial charge in [-0.15, -0.1) is 11.3 Å². The van der Waals surface area contributed by atoms with Gasteiger partial charge < -0.3 is 4.90 Å². The van der Waals surface area contributed by atoms with Gasteiger partial charge in [0.2, 0.25) is 5.91 Å². The molecule has 0 spiro atoms. The first-order valence-electron chi connectivity index (χ1n) is 8.49. The van der Waals surface area contributed by atoms with Gasteiger partial charge in [-0.1, -0.05) is 34.1 Å². The van der Waals surface area contributed by atoms with E-state index in [0.717, 1.165) is 20.7 Å². The summed E-state index contributed by atoms with van der Waals surface area (Å²) in [5.41, 5.74) is 7.90. The van der Waals surface area contributed by atoms with Crippen molar-refractivity contribution in [2.45, 2.75) is 6.42 Å². The van der Waals surface area contributed by atoms with Crippen molar-refractivity contribution < 1.29 is 9.59 Å². The van der Waals surface area contributed by atoms with Gasteiger partial charge in [-0.05, 0) is 30.3 Å². The minimum Gasteiger partial charge on any atom is -0.378 e. The van der Waals surface area contributed by atoms with Crippen LogP contribution in [0.25, 0.3) is 10.6 Å². The third kappa shape index (κ3) is 5.17. The second-order valence-corrected chi connectivity index (χ2v) is 8.05. The van der Waals surface area contributed by atoms with Crippen molar-refractivity contribution in [2.24, 2.45) is 0 Å². The second kappa shape index (κ2) is 8.99. The number of rotatable bonds is 5. The van der Waals surface area contributed by atoms with E-state index >= 15 is 0 Å². The number of thiazole rings is 1. The first kappa shape index (κ1) is 20.0. The normalized spacial score (nSPS) is 10.4. The number of anilines is 1. The summed E-state index contributed by atoms with van der Waals surface area (Å²) in [7, 11) is 3.80. The van der Waals surface area contributed by atoms with Crippen LogP contribution in [0.15, 0.2) is 58.4 Å². The lowest BCUT2D eigenvalue weighted by atomic mass is 10.2. The highest BCUT2D eigenvalue weighted by molar-refractivity contribution is 9.10. The maximum Gasteiger partial charge on any atom is 0.269 e. The molecule has 0 radical (unpaired) electrons. The lowest BCUT2D eigenvalue weighted by molar-refractivity contribution is -0.121. The number of nitrogens with one attached hydrogen (secondary N) is 2. The first-order chi connectivity index (χ1) is 13.4. The smallest absolute Gasteiger partial charge is 0.269 e. The summed E-state index contributed by atoms with van der Waals surface area (Å²) in [6.45, 7) is 0. The number of aromatic nitrogens is 1. The molecule has 3 rings (SSSR count). The Kier molecular flexibility index (Phi) is 6.43. The summed E-state index contributed by atoms with van der Waals surface area (Å²) in [6, 6.07) is 15.0.